The number of hydrogen-bond acceptors (Lipinski definition) is 3. The van der Waals surface area contributed by atoms with E-state index in [1.807, 2.05) is 0 Å². The predicted molar refractivity (Wildman–Crippen MR) is 91.3 cm³/mol. The molecule has 0 atom stereocenters. The van der Waals surface area contributed by atoms with Crippen molar-refractivity contribution in [2.24, 2.45) is 0 Å². The van der Waals surface area contributed by atoms with E-state index >= 15 is 0 Å². The second-order valence-corrected chi connectivity index (χ2v) is 7.25. The first-order valence-electron chi connectivity index (χ1n) is 7.50. The van der Waals surface area contributed by atoms with Crippen LogP contribution in [0.4, 0.5) is 18.9 Å². The fraction of sp³-hybridized carbons (Fsp3) is 0.118. The molecule has 9 heteroatoms. The van der Waals surface area contributed by atoms with Gasteiger partial charge in [-0.2, -0.15) is 18.3 Å². The quantitative estimate of drug-likeness (QED) is 0.731. The summed E-state index contributed by atoms with van der Waals surface area (Å²) < 4.78 is 67.5. The summed E-state index contributed by atoms with van der Waals surface area (Å²) >= 11 is 0. The maximum absolute atomic E-state index is 13.0. The number of nitrogens with one attached hydrogen (secondary N) is 1. The molecule has 1 heterocycles. The Morgan fingerprint density at radius 1 is 1.04 bits per heavy atom. The molecule has 26 heavy (non-hydrogen) atoms. The van der Waals surface area contributed by atoms with Crippen LogP contribution < -0.4 is 4.72 Å². The third-order valence-electron chi connectivity index (χ3n) is 3.54. The average molecular weight is 381 g/mol. The molecule has 5 nitrogen and oxygen atoms in total. The molecule has 0 spiro atoms. The van der Waals surface area contributed by atoms with E-state index in [0.717, 1.165) is 12.1 Å². The summed E-state index contributed by atoms with van der Waals surface area (Å²) in [5.41, 5.74) is -0.433. The summed E-state index contributed by atoms with van der Waals surface area (Å²) in [7, 11) is -3.92. The van der Waals surface area contributed by atoms with Crippen LogP contribution in [0.5, 0.6) is 0 Å². The Balaban J connectivity index is 1.99. The molecular formula is C17H14F3N3O2S. The van der Waals surface area contributed by atoms with Crippen LogP contribution in [-0.2, 0) is 22.0 Å². The van der Waals surface area contributed by atoms with Gasteiger partial charge in [-0.3, -0.25) is 4.72 Å². The molecule has 0 bridgehead atoms. The molecule has 0 aliphatic heterocycles. The van der Waals surface area contributed by atoms with Crippen LogP contribution in [-0.4, -0.2) is 18.2 Å². The Kier molecular flexibility index (Phi) is 4.73. The molecular weight excluding hydrogens is 367 g/mol. The van der Waals surface area contributed by atoms with Gasteiger partial charge in [-0.15, -0.1) is 0 Å². The van der Waals surface area contributed by atoms with Gasteiger partial charge in [0, 0.05) is 12.4 Å². The van der Waals surface area contributed by atoms with Gasteiger partial charge in [0.15, 0.2) is 0 Å². The Bertz CT molecular complexity index is 986. The van der Waals surface area contributed by atoms with Crippen LogP contribution in [0, 0.1) is 0 Å². The van der Waals surface area contributed by atoms with Crippen LogP contribution in [0.3, 0.4) is 0 Å². The van der Waals surface area contributed by atoms with Crippen molar-refractivity contribution >= 4 is 15.7 Å². The third kappa shape index (κ3) is 4.23. The second-order valence-electron chi connectivity index (χ2n) is 5.53. The summed E-state index contributed by atoms with van der Waals surface area (Å²) in [5.74, 6) is -0.358. The normalized spacial score (nSPS) is 12.1. The molecule has 0 fully saturated rings. The number of hydrogen-bond donors (Lipinski definition) is 1. The minimum Gasteiger partial charge on any atom is -0.281 e. The predicted octanol–water partition coefficient (Wildman–Crippen LogP) is 3.83. The lowest BCUT2D eigenvalue weighted by atomic mass is 10.1. The summed E-state index contributed by atoms with van der Waals surface area (Å²) in [4.78, 5) is 0. The number of alkyl halides is 3. The van der Waals surface area contributed by atoms with Crippen LogP contribution >= 0.6 is 0 Å². The van der Waals surface area contributed by atoms with Gasteiger partial charge in [-0.1, -0.05) is 30.3 Å². The topological polar surface area (TPSA) is 64.0 Å². The highest BCUT2D eigenvalue weighted by molar-refractivity contribution is 7.91. The number of benzene rings is 2. The standard InChI is InChI=1S/C17H14F3N3O2S/c18-17(19,20)14-7-8-16(23-10-4-9-21-23)15(11-14)22-26(24,25)12-13-5-2-1-3-6-13/h1-11,22H,12H2. The number of rotatable bonds is 5. The van der Waals surface area contributed by atoms with Crippen LogP contribution in [0.25, 0.3) is 5.69 Å². The second kappa shape index (κ2) is 6.83. The van der Waals surface area contributed by atoms with Crippen molar-refractivity contribution in [3.8, 4) is 5.69 Å². The maximum Gasteiger partial charge on any atom is 0.416 e. The van der Waals surface area contributed by atoms with Crippen molar-refractivity contribution in [2.75, 3.05) is 4.72 Å². The highest BCUT2D eigenvalue weighted by Gasteiger charge is 2.31. The van der Waals surface area contributed by atoms with Crippen molar-refractivity contribution in [1.82, 2.24) is 9.78 Å². The van der Waals surface area contributed by atoms with E-state index in [4.69, 9.17) is 0 Å². The molecule has 1 N–H and O–H groups in total. The number of halogens is 3. The molecule has 0 radical (unpaired) electrons. The monoisotopic (exact) mass is 381 g/mol. The fourth-order valence-corrected chi connectivity index (χ4v) is 3.60. The zero-order chi connectivity index (χ0) is 18.8. The highest BCUT2D eigenvalue weighted by Crippen LogP contribution is 2.33. The number of nitrogens with zero attached hydrogens (tertiary/aromatic N) is 2. The lowest BCUT2D eigenvalue weighted by molar-refractivity contribution is -0.137. The molecule has 0 aliphatic rings. The average Bonchev–Trinajstić information content (AvgIpc) is 3.08. The smallest absolute Gasteiger partial charge is 0.281 e. The molecule has 0 unspecified atom stereocenters. The molecule has 136 valence electrons. The Morgan fingerprint density at radius 3 is 2.38 bits per heavy atom. The molecule has 3 rings (SSSR count). The van der Waals surface area contributed by atoms with Gasteiger partial charge in [0.05, 0.1) is 22.7 Å². The molecule has 0 saturated carbocycles. The zero-order valence-corrected chi connectivity index (χ0v) is 14.1. The van der Waals surface area contributed by atoms with E-state index in [1.54, 1.807) is 36.4 Å². The fourth-order valence-electron chi connectivity index (χ4n) is 2.40. The minimum absolute atomic E-state index is 0.194. The molecule has 3 aromatic rings. The molecule has 0 amide bonds. The van der Waals surface area contributed by atoms with E-state index in [2.05, 4.69) is 9.82 Å². The van der Waals surface area contributed by atoms with Gasteiger partial charge in [0.1, 0.15) is 0 Å². The van der Waals surface area contributed by atoms with Gasteiger partial charge in [-0.05, 0) is 29.8 Å². The largest absolute Gasteiger partial charge is 0.416 e. The summed E-state index contributed by atoms with van der Waals surface area (Å²) in [6.45, 7) is 0. The first kappa shape index (κ1) is 18.0. The summed E-state index contributed by atoms with van der Waals surface area (Å²) in [6, 6.07) is 12.8. The van der Waals surface area contributed by atoms with Crippen molar-refractivity contribution in [1.29, 1.82) is 0 Å². The number of aromatic nitrogens is 2. The van der Waals surface area contributed by atoms with Crippen molar-refractivity contribution in [2.45, 2.75) is 11.9 Å². The van der Waals surface area contributed by atoms with Crippen molar-refractivity contribution in [3.63, 3.8) is 0 Å². The zero-order valence-electron chi connectivity index (χ0n) is 13.3. The lowest BCUT2D eigenvalue weighted by Gasteiger charge is -2.15. The summed E-state index contributed by atoms with van der Waals surface area (Å²) in [6.07, 6.45) is -1.64. The Morgan fingerprint density at radius 2 is 1.77 bits per heavy atom. The first-order chi connectivity index (χ1) is 12.2. The van der Waals surface area contributed by atoms with Gasteiger partial charge >= 0.3 is 6.18 Å². The maximum atomic E-state index is 13.0. The van der Waals surface area contributed by atoms with Crippen LogP contribution in [0.15, 0.2) is 67.0 Å². The molecule has 0 saturated heterocycles. The van der Waals surface area contributed by atoms with Gasteiger partial charge in [0.2, 0.25) is 10.0 Å². The molecule has 2 aromatic carbocycles. The van der Waals surface area contributed by atoms with Crippen molar-refractivity contribution < 1.29 is 21.6 Å². The van der Waals surface area contributed by atoms with E-state index < -0.39 is 21.8 Å². The van der Waals surface area contributed by atoms with Crippen LogP contribution in [0.2, 0.25) is 0 Å². The molecule has 0 aliphatic carbocycles. The third-order valence-corrected chi connectivity index (χ3v) is 4.78. The van der Waals surface area contributed by atoms with Gasteiger partial charge < -0.3 is 0 Å². The Labute approximate surface area is 148 Å². The van der Waals surface area contributed by atoms with Gasteiger partial charge in [-0.25, -0.2) is 13.1 Å². The summed E-state index contributed by atoms with van der Waals surface area (Å²) in [5, 5.41) is 3.95. The number of sulfonamides is 1. The molecule has 1 aromatic heterocycles. The van der Waals surface area contributed by atoms with Crippen LogP contribution in [0.1, 0.15) is 11.1 Å². The minimum atomic E-state index is -4.59. The van der Waals surface area contributed by atoms with E-state index in [0.29, 0.717) is 5.56 Å². The van der Waals surface area contributed by atoms with E-state index in [-0.39, 0.29) is 17.1 Å². The number of anilines is 1. The highest BCUT2D eigenvalue weighted by atomic mass is 32.2. The van der Waals surface area contributed by atoms with E-state index in [1.165, 1.54) is 23.1 Å². The first-order valence-corrected chi connectivity index (χ1v) is 9.15. The van der Waals surface area contributed by atoms with Crippen molar-refractivity contribution in [3.05, 3.63) is 78.1 Å². The van der Waals surface area contributed by atoms with E-state index in [9.17, 15) is 21.6 Å². The SMILES string of the molecule is O=S(=O)(Cc1ccccc1)Nc1cc(C(F)(F)F)ccc1-n1cccn1. The Hall–Kier alpha value is -2.81. The lowest BCUT2D eigenvalue weighted by Crippen LogP contribution is -2.17. The van der Waals surface area contributed by atoms with Gasteiger partial charge in [0.25, 0.3) is 0 Å².